The molecule has 2 aromatic carbocycles. The Kier molecular flexibility index (Phi) is 6.84. The number of nitrogens with zero attached hydrogens (tertiary/aromatic N) is 1. The highest BCUT2D eigenvalue weighted by Crippen LogP contribution is 2.29. The van der Waals surface area contributed by atoms with Gasteiger partial charge in [0.05, 0.1) is 29.9 Å². The van der Waals surface area contributed by atoms with Crippen LogP contribution in [0.25, 0.3) is 0 Å². The first-order valence-corrected chi connectivity index (χ1v) is 10.9. The Morgan fingerprint density at radius 2 is 1.97 bits per heavy atom. The van der Waals surface area contributed by atoms with Crippen LogP contribution in [0.3, 0.4) is 0 Å². The maximum Gasteiger partial charge on any atom is 0.310 e. The van der Waals surface area contributed by atoms with Crippen molar-refractivity contribution in [1.29, 1.82) is 0 Å². The number of rotatable bonds is 8. The number of carboxylic acids is 1. The van der Waals surface area contributed by atoms with Crippen LogP contribution in [0.4, 0.5) is 20.3 Å². The fraction of sp³-hybridized carbons (Fsp3) is 0.280. The van der Waals surface area contributed by atoms with Crippen molar-refractivity contribution < 1.29 is 18.7 Å². The standard InChI is InChI=1S/C25H26F2N4O2/c1-15(25(32)33)17-7-8-20(27)18(11-17)9-10-28-23(16-5-3-2-4-6-16)22-14-29-21-12-19(26)13-30-24(21)31-22/h2-8,11-13,15,22-23,28-29H,9-10,14H2,1H3,(H,30,31)(H,32,33)/t15-,22+,23+/m0/s1. The molecule has 1 aliphatic rings. The second kappa shape index (κ2) is 9.95. The summed E-state index contributed by atoms with van der Waals surface area (Å²) in [5.74, 6) is -1.83. The van der Waals surface area contributed by atoms with Crippen molar-refractivity contribution in [2.75, 3.05) is 23.7 Å². The second-order valence-corrected chi connectivity index (χ2v) is 8.18. The van der Waals surface area contributed by atoms with E-state index in [1.807, 2.05) is 30.3 Å². The van der Waals surface area contributed by atoms with E-state index < -0.39 is 17.7 Å². The number of carboxylic acid groups (broad SMARTS) is 1. The van der Waals surface area contributed by atoms with Crippen LogP contribution >= 0.6 is 0 Å². The average Bonchev–Trinajstić information content (AvgIpc) is 2.82. The summed E-state index contributed by atoms with van der Waals surface area (Å²) in [5, 5.41) is 19.4. The van der Waals surface area contributed by atoms with Gasteiger partial charge in [-0.2, -0.15) is 0 Å². The lowest BCUT2D eigenvalue weighted by molar-refractivity contribution is -0.138. The van der Waals surface area contributed by atoms with Gasteiger partial charge in [0.2, 0.25) is 0 Å². The molecule has 1 aliphatic heterocycles. The van der Waals surface area contributed by atoms with E-state index in [0.717, 1.165) is 5.56 Å². The summed E-state index contributed by atoms with van der Waals surface area (Å²) < 4.78 is 27.9. The predicted molar refractivity (Wildman–Crippen MR) is 123 cm³/mol. The summed E-state index contributed by atoms with van der Waals surface area (Å²) in [6.07, 6.45) is 1.57. The third-order valence-corrected chi connectivity index (χ3v) is 5.95. The van der Waals surface area contributed by atoms with E-state index in [9.17, 15) is 18.7 Å². The molecule has 1 aromatic heterocycles. The minimum Gasteiger partial charge on any atom is -0.481 e. The number of benzene rings is 2. The number of hydrogen-bond donors (Lipinski definition) is 4. The first-order valence-electron chi connectivity index (χ1n) is 10.9. The molecule has 4 rings (SSSR count). The molecule has 0 unspecified atom stereocenters. The summed E-state index contributed by atoms with van der Waals surface area (Å²) in [6.45, 7) is 2.61. The molecule has 33 heavy (non-hydrogen) atoms. The molecule has 4 N–H and O–H groups in total. The van der Waals surface area contributed by atoms with Gasteiger partial charge >= 0.3 is 5.97 Å². The first kappa shape index (κ1) is 22.7. The molecular weight excluding hydrogens is 426 g/mol. The Morgan fingerprint density at radius 1 is 1.18 bits per heavy atom. The Labute approximate surface area is 191 Å². The lowest BCUT2D eigenvalue weighted by Gasteiger charge is -2.34. The fourth-order valence-electron chi connectivity index (χ4n) is 4.05. The van der Waals surface area contributed by atoms with Crippen LogP contribution in [-0.4, -0.2) is 35.2 Å². The van der Waals surface area contributed by atoms with Crippen molar-refractivity contribution in [3.63, 3.8) is 0 Å². The SMILES string of the molecule is C[C@H](C(=O)O)c1ccc(F)c(CCN[C@H](c2ccccc2)[C@H]2CNc3cc(F)cnc3N2)c1. The van der Waals surface area contributed by atoms with E-state index in [2.05, 4.69) is 20.9 Å². The van der Waals surface area contributed by atoms with Crippen molar-refractivity contribution in [2.45, 2.75) is 31.3 Å². The molecule has 3 atom stereocenters. The van der Waals surface area contributed by atoms with Crippen LogP contribution in [0.1, 0.15) is 35.6 Å². The summed E-state index contributed by atoms with van der Waals surface area (Å²) >= 11 is 0. The zero-order valence-electron chi connectivity index (χ0n) is 18.2. The summed E-state index contributed by atoms with van der Waals surface area (Å²) in [6, 6.07) is 15.6. The third kappa shape index (κ3) is 5.28. The van der Waals surface area contributed by atoms with Gasteiger partial charge in [-0.1, -0.05) is 42.5 Å². The van der Waals surface area contributed by atoms with Gasteiger partial charge in [-0.3, -0.25) is 4.79 Å². The molecule has 2 heterocycles. The number of nitrogens with one attached hydrogen (secondary N) is 3. The number of hydrogen-bond acceptors (Lipinski definition) is 5. The van der Waals surface area contributed by atoms with Gasteiger partial charge in [-0.05, 0) is 42.6 Å². The van der Waals surface area contributed by atoms with Crippen LogP contribution in [-0.2, 0) is 11.2 Å². The molecule has 0 bridgehead atoms. The molecule has 172 valence electrons. The topological polar surface area (TPSA) is 86.3 Å². The Balaban J connectivity index is 1.49. The molecule has 0 radical (unpaired) electrons. The molecule has 3 aromatic rings. The van der Waals surface area contributed by atoms with Gasteiger partial charge < -0.3 is 21.1 Å². The monoisotopic (exact) mass is 452 g/mol. The van der Waals surface area contributed by atoms with Crippen molar-refractivity contribution in [1.82, 2.24) is 10.3 Å². The zero-order chi connectivity index (χ0) is 23.4. The summed E-state index contributed by atoms with van der Waals surface area (Å²) in [7, 11) is 0. The Morgan fingerprint density at radius 3 is 2.73 bits per heavy atom. The highest BCUT2D eigenvalue weighted by molar-refractivity contribution is 5.75. The number of aliphatic carboxylic acids is 1. The van der Waals surface area contributed by atoms with Crippen LogP contribution in [0.15, 0.2) is 60.8 Å². The van der Waals surface area contributed by atoms with Crippen molar-refractivity contribution in [2.24, 2.45) is 0 Å². The average molecular weight is 453 g/mol. The molecule has 0 saturated carbocycles. The minimum atomic E-state index is -0.945. The molecule has 0 amide bonds. The van der Waals surface area contributed by atoms with Gasteiger partial charge in [0.15, 0.2) is 0 Å². The predicted octanol–water partition coefficient (Wildman–Crippen LogP) is 4.33. The van der Waals surface area contributed by atoms with Gasteiger partial charge in [0.25, 0.3) is 0 Å². The van der Waals surface area contributed by atoms with Gasteiger partial charge in [-0.25, -0.2) is 13.8 Å². The summed E-state index contributed by atoms with van der Waals surface area (Å²) in [5.41, 5.74) is 2.71. The smallest absolute Gasteiger partial charge is 0.310 e. The number of fused-ring (bicyclic) bond motifs is 1. The zero-order valence-corrected chi connectivity index (χ0v) is 18.2. The van der Waals surface area contributed by atoms with Gasteiger partial charge in [0.1, 0.15) is 17.5 Å². The largest absolute Gasteiger partial charge is 0.481 e. The van der Waals surface area contributed by atoms with E-state index in [-0.39, 0.29) is 17.9 Å². The number of pyridine rings is 1. The molecular formula is C25H26F2N4O2. The Bertz CT molecular complexity index is 1130. The van der Waals surface area contributed by atoms with E-state index in [0.29, 0.717) is 42.1 Å². The van der Waals surface area contributed by atoms with E-state index in [1.54, 1.807) is 13.0 Å². The first-order chi connectivity index (χ1) is 15.9. The van der Waals surface area contributed by atoms with Gasteiger partial charge in [0, 0.05) is 12.6 Å². The third-order valence-electron chi connectivity index (χ3n) is 5.95. The van der Waals surface area contributed by atoms with Gasteiger partial charge in [-0.15, -0.1) is 0 Å². The van der Waals surface area contributed by atoms with E-state index >= 15 is 0 Å². The molecule has 6 nitrogen and oxygen atoms in total. The highest BCUT2D eigenvalue weighted by atomic mass is 19.1. The van der Waals surface area contributed by atoms with Crippen LogP contribution in [0, 0.1) is 11.6 Å². The van der Waals surface area contributed by atoms with Crippen LogP contribution in [0.2, 0.25) is 0 Å². The summed E-state index contributed by atoms with van der Waals surface area (Å²) in [4.78, 5) is 15.4. The molecule has 0 saturated heterocycles. The van der Waals surface area contributed by atoms with Crippen LogP contribution in [0.5, 0.6) is 0 Å². The normalized spacial score (nSPS) is 16.8. The van der Waals surface area contributed by atoms with Crippen molar-refractivity contribution in [3.05, 3.63) is 89.1 Å². The molecule has 0 aliphatic carbocycles. The van der Waals surface area contributed by atoms with Crippen molar-refractivity contribution in [3.8, 4) is 0 Å². The van der Waals surface area contributed by atoms with Crippen LogP contribution < -0.4 is 16.0 Å². The van der Waals surface area contributed by atoms with E-state index in [1.165, 1.54) is 24.4 Å². The lowest BCUT2D eigenvalue weighted by atomic mass is 9.96. The number of anilines is 2. The maximum atomic E-state index is 14.4. The fourth-order valence-corrected chi connectivity index (χ4v) is 4.05. The highest BCUT2D eigenvalue weighted by Gasteiger charge is 2.27. The molecule has 0 spiro atoms. The Hall–Kier alpha value is -3.52. The van der Waals surface area contributed by atoms with E-state index in [4.69, 9.17) is 0 Å². The number of halogens is 2. The minimum absolute atomic E-state index is 0.0823. The molecule has 0 fully saturated rings. The maximum absolute atomic E-state index is 14.4. The number of carbonyl (C=O) groups is 1. The molecule has 8 heteroatoms. The number of aromatic nitrogens is 1. The second-order valence-electron chi connectivity index (χ2n) is 8.18. The van der Waals surface area contributed by atoms with Crippen molar-refractivity contribution >= 4 is 17.5 Å². The lowest BCUT2D eigenvalue weighted by Crippen LogP contribution is -2.44. The quantitative estimate of drug-likeness (QED) is 0.407.